The van der Waals surface area contributed by atoms with Gasteiger partial charge in [-0.1, -0.05) is 0 Å². The van der Waals surface area contributed by atoms with Gasteiger partial charge >= 0.3 is 30.2 Å². The Morgan fingerprint density at radius 3 is 1.00 bits per heavy atom. The first-order valence-electron chi connectivity index (χ1n) is 0.612. The topological polar surface area (TPSA) is 51.2 Å². The van der Waals surface area contributed by atoms with Gasteiger partial charge in [-0.05, 0) is 0 Å². The van der Waals surface area contributed by atoms with Crippen LogP contribution in [0.2, 0.25) is 0 Å². The molecular formula is O3Zr. The fraction of sp³-hybridized carbons (Fsp3) is 0. The van der Waals surface area contributed by atoms with Crippen molar-refractivity contribution in [3.63, 3.8) is 0 Å². The second-order valence-electron chi connectivity index (χ2n) is 0.250. The van der Waals surface area contributed by atoms with E-state index in [0.29, 0.717) is 0 Å². The van der Waals surface area contributed by atoms with Crippen molar-refractivity contribution in [2.75, 3.05) is 0 Å². The molecule has 0 saturated carbocycles. The van der Waals surface area contributed by atoms with Crippen LogP contribution in [-0.2, 0) is 30.2 Å². The first-order valence-corrected chi connectivity index (χ1v) is 3.62. The molecule has 0 aromatic heterocycles. The van der Waals surface area contributed by atoms with Crippen molar-refractivity contribution in [3.05, 3.63) is 0 Å². The maximum absolute atomic E-state index is 8.61. The standard InChI is InChI=1S/3O.Zr. The second-order valence-corrected chi connectivity index (χ2v) is 1.48. The number of rotatable bonds is 0. The summed E-state index contributed by atoms with van der Waals surface area (Å²) in [6, 6.07) is 0. The minimum absolute atomic E-state index is 4.29. The average Bonchev–Trinajstić information content (AvgIpc) is 0.811. The molecule has 0 saturated heterocycles. The summed E-state index contributed by atoms with van der Waals surface area (Å²) in [4.78, 5) is 0. The third kappa shape index (κ3) is 46.9. The molecule has 22 valence electrons. The first-order chi connectivity index (χ1) is 1.73. The van der Waals surface area contributed by atoms with Gasteiger partial charge in [-0.25, -0.2) is 0 Å². The van der Waals surface area contributed by atoms with Crippen molar-refractivity contribution in [3.8, 4) is 0 Å². The summed E-state index contributed by atoms with van der Waals surface area (Å²) >= 11 is -4.29. The van der Waals surface area contributed by atoms with Gasteiger partial charge in [0.1, 0.15) is 0 Å². The van der Waals surface area contributed by atoms with Crippen molar-refractivity contribution in [2.45, 2.75) is 0 Å². The molecule has 0 aliphatic carbocycles. The van der Waals surface area contributed by atoms with E-state index in [4.69, 9.17) is 8.44 Å². The van der Waals surface area contributed by atoms with E-state index in [1.54, 1.807) is 0 Å². The van der Waals surface area contributed by atoms with Crippen molar-refractivity contribution in [1.82, 2.24) is 0 Å². The van der Waals surface area contributed by atoms with Crippen LogP contribution < -0.4 is 0 Å². The van der Waals surface area contributed by atoms with Gasteiger partial charge < -0.3 is 0 Å². The van der Waals surface area contributed by atoms with Crippen LogP contribution >= 0.6 is 0 Å². The van der Waals surface area contributed by atoms with Crippen LogP contribution in [-0.4, -0.2) is 0 Å². The SMILES string of the molecule is [O]=[Zr](=[O])=[O]. The Morgan fingerprint density at radius 1 is 1.00 bits per heavy atom. The molecule has 0 aromatic rings. The fourth-order valence-electron chi connectivity index (χ4n) is 0. The summed E-state index contributed by atoms with van der Waals surface area (Å²) in [5.74, 6) is 0. The first kappa shape index (κ1) is 4.28. The van der Waals surface area contributed by atoms with E-state index in [1.165, 1.54) is 0 Å². The Labute approximate surface area is 30.6 Å². The zero-order valence-corrected chi connectivity index (χ0v) is 4.18. The van der Waals surface area contributed by atoms with Gasteiger partial charge in [-0.3, -0.25) is 0 Å². The Balaban J connectivity index is 4.65. The van der Waals surface area contributed by atoms with E-state index in [1.807, 2.05) is 0 Å². The second kappa shape index (κ2) is 1.59. The van der Waals surface area contributed by atoms with Crippen molar-refractivity contribution >= 4 is 0 Å². The van der Waals surface area contributed by atoms with Crippen molar-refractivity contribution in [1.29, 1.82) is 0 Å². The van der Waals surface area contributed by atoms with Crippen LogP contribution in [0.5, 0.6) is 0 Å². The molecule has 0 aromatic carbocycles. The zero-order valence-electron chi connectivity index (χ0n) is 1.72. The molecule has 0 radical (unpaired) electrons. The predicted octanol–water partition coefficient (Wildman–Crippen LogP) is -0.359. The summed E-state index contributed by atoms with van der Waals surface area (Å²) in [6.07, 6.45) is 0. The fourth-order valence-corrected chi connectivity index (χ4v) is 0. The van der Waals surface area contributed by atoms with Gasteiger partial charge in [0.25, 0.3) is 0 Å². The summed E-state index contributed by atoms with van der Waals surface area (Å²) in [5.41, 5.74) is 0. The molecule has 4 heavy (non-hydrogen) atoms. The van der Waals surface area contributed by atoms with Crippen LogP contribution in [0.3, 0.4) is 0 Å². The minimum atomic E-state index is -4.29. The van der Waals surface area contributed by atoms with E-state index in [2.05, 4.69) is 0 Å². The van der Waals surface area contributed by atoms with Crippen LogP contribution in [0.4, 0.5) is 0 Å². The van der Waals surface area contributed by atoms with Crippen LogP contribution in [0, 0.1) is 0 Å². The third-order valence-corrected chi connectivity index (χ3v) is 0. The van der Waals surface area contributed by atoms with E-state index < -0.39 is 21.8 Å². The van der Waals surface area contributed by atoms with Gasteiger partial charge in [0.2, 0.25) is 0 Å². The quantitative estimate of drug-likeness (QED) is 0.460. The molecule has 0 atom stereocenters. The molecule has 0 unspecified atom stereocenters. The molecule has 4 heteroatoms. The summed E-state index contributed by atoms with van der Waals surface area (Å²) in [5, 5.41) is 0. The van der Waals surface area contributed by atoms with Crippen LogP contribution in [0.25, 0.3) is 0 Å². The van der Waals surface area contributed by atoms with Crippen LogP contribution in [0.15, 0.2) is 0 Å². The summed E-state index contributed by atoms with van der Waals surface area (Å²) in [6.45, 7) is 0. The average molecular weight is 139 g/mol. The normalized spacial score (nSPS) is 3.75. The summed E-state index contributed by atoms with van der Waals surface area (Å²) in [7, 11) is 0. The van der Waals surface area contributed by atoms with Crippen molar-refractivity contribution < 1.29 is 30.2 Å². The number of hydrogen-bond acceptors (Lipinski definition) is 3. The van der Waals surface area contributed by atoms with Crippen molar-refractivity contribution in [2.24, 2.45) is 0 Å². The molecule has 0 heterocycles. The molecule has 0 rings (SSSR count). The molecule has 0 spiro atoms. The predicted molar refractivity (Wildman–Crippen MR) is 2.06 cm³/mol. The molecule has 0 bridgehead atoms. The third-order valence-electron chi connectivity index (χ3n) is 0. The monoisotopic (exact) mass is 138 g/mol. The zero-order chi connectivity index (χ0) is 3.58. The van der Waals surface area contributed by atoms with E-state index in [-0.39, 0.29) is 0 Å². The molecule has 0 aliphatic heterocycles. The van der Waals surface area contributed by atoms with Gasteiger partial charge in [-0.2, -0.15) is 0 Å². The van der Waals surface area contributed by atoms with E-state index in [9.17, 15) is 0 Å². The molecule has 3 nitrogen and oxygen atoms in total. The van der Waals surface area contributed by atoms with E-state index >= 15 is 0 Å². The Bertz CT molecular complexity index is 72.7. The van der Waals surface area contributed by atoms with Crippen LogP contribution in [0.1, 0.15) is 0 Å². The molecule has 0 fully saturated rings. The van der Waals surface area contributed by atoms with Gasteiger partial charge in [0, 0.05) is 0 Å². The van der Waals surface area contributed by atoms with E-state index in [0.717, 1.165) is 0 Å². The molecule has 0 aliphatic rings. The molecule has 0 N–H and O–H groups in total. The van der Waals surface area contributed by atoms with Gasteiger partial charge in [-0.15, -0.1) is 0 Å². The Hall–Kier alpha value is 0.283. The molecule has 0 amide bonds. The Kier molecular flexibility index (Phi) is 1.70. The Morgan fingerprint density at radius 2 is 1.00 bits per heavy atom. The molecular weight excluding hydrogens is 139 g/mol. The maximum atomic E-state index is 8.61. The van der Waals surface area contributed by atoms with Gasteiger partial charge in [0.15, 0.2) is 0 Å². The van der Waals surface area contributed by atoms with Gasteiger partial charge in [0.05, 0.1) is 0 Å². The number of hydrogen-bond donors (Lipinski definition) is 0. The summed E-state index contributed by atoms with van der Waals surface area (Å²) < 4.78 is 25.8.